The summed E-state index contributed by atoms with van der Waals surface area (Å²) in [6.07, 6.45) is 5.74. The van der Waals surface area contributed by atoms with Gasteiger partial charge in [0.05, 0.1) is 21.0 Å². The molecule has 0 saturated carbocycles. The highest BCUT2D eigenvalue weighted by molar-refractivity contribution is 7.86. The number of aromatic nitrogens is 4. The van der Waals surface area contributed by atoms with Gasteiger partial charge in [0.1, 0.15) is 23.7 Å². The Morgan fingerprint density at radius 3 is 3.00 bits per heavy atom. The highest BCUT2D eigenvalue weighted by Gasteiger charge is 2.10. The second-order valence-corrected chi connectivity index (χ2v) is 7.86. The Labute approximate surface area is 143 Å². The maximum atomic E-state index is 11.6. The Hall–Kier alpha value is -2.63. The van der Waals surface area contributed by atoms with E-state index in [-0.39, 0.29) is 0 Å². The molecular weight excluding hydrogens is 342 g/mol. The third-order valence-electron chi connectivity index (χ3n) is 3.66. The minimum atomic E-state index is -1.06. The highest BCUT2D eigenvalue weighted by atomic mass is 32.2. The molecule has 6 nitrogen and oxygen atoms in total. The van der Waals surface area contributed by atoms with Crippen LogP contribution in [0.15, 0.2) is 41.1 Å². The van der Waals surface area contributed by atoms with E-state index >= 15 is 0 Å². The Morgan fingerprint density at radius 1 is 1.33 bits per heavy atom. The number of benzene rings is 1. The van der Waals surface area contributed by atoms with Crippen LogP contribution in [0.5, 0.6) is 0 Å². The van der Waals surface area contributed by atoms with Crippen LogP contribution in [0.1, 0.15) is 17.0 Å². The van der Waals surface area contributed by atoms with Gasteiger partial charge in [0.2, 0.25) is 0 Å². The molecule has 0 aliphatic carbocycles. The molecule has 4 rings (SSSR count). The zero-order valence-electron chi connectivity index (χ0n) is 12.6. The van der Waals surface area contributed by atoms with Crippen LogP contribution in [-0.2, 0) is 17.2 Å². The SMILES string of the molecule is CS(=O)c1nc2ccc(Cc3cnc4cc(C#N)ncn34)cc2s1. The fourth-order valence-electron chi connectivity index (χ4n) is 2.51. The smallest absolute Gasteiger partial charge is 0.181 e. The zero-order valence-corrected chi connectivity index (χ0v) is 14.3. The molecule has 1 unspecified atom stereocenters. The summed E-state index contributed by atoms with van der Waals surface area (Å²) in [5, 5.41) is 8.90. The molecule has 0 aliphatic heterocycles. The molecule has 0 fully saturated rings. The first-order valence-corrected chi connectivity index (χ1v) is 9.46. The summed E-state index contributed by atoms with van der Waals surface area (Å²) in [6.45, 7) is 0. The van der Waals surface area contributed by atoms with Crippen molar-refractivity contribution in [2.75, 3.05) is 6.26 Å². The fraction of sp³-hybridized carbons (Fsp3) is 0.125. The highest BCUT2D eigenvalue weighted by Crippen LogP contribution is 2.26. The number of thiazole rings is 1. The van der Waals surface area contributed by atoms with Crippen molar-refractivity contribution in [3.63, 3.8) is 0 Å². The molecule has 4 aromatic rings. The van der Waals surface area contributed by atoms with Crippen LogP contribution in [0.3, 0.4) is 0 Å². The lowest BCUT2D eigenvalue weighted by Gasteiger charge is -2.02. The molecular formula is C16H11N5OS2. The lowest BCUT2D eigenvalue weighted by Crippen LogP contribution is -1.96. The van der Waals surface area contributed by atoms with Gasteiger partial charge in [-0.05, 0) is 17.7 Å². The predicted octanol–water partition coefficient (Wildman–Crippen LogP) is 2.54. The Bertz CT molecular complexity index is 1140. The summed E-state index contributed by atoms with van der Waals surface area (Å²) in [6, 6.07) is 9.72. The van der Waals surface area contributed by atoms with Crippen LogP contribution >= 0.6 is 11.3 Å². The summed E-state index contributed by atoms with van der Waals surface area (Å²) in [7, 11) is -1.06. The van der Waals surface area contributed by atoms with Crippen molar-refractivity contribution in [1.82, 2.24) is 19.4 Å². The number of rotatable bonds is 3. The molecule has 0 amide bonds. The first kappa shape index (κ1) is 14.9. The first-order valence-electron chi connectivity index (χ1n) is 7.09. The van der Waals surface area contributed by atoms with Gasteiger partial charge in [0, 0.05) is 30.6 Å². The third kappa shape index (κ3) is 2.58. The quantitative estimate of drug-likeness (QED) is 0.565. The maximum absolute atomic E-state index is 11.6. The van der Waals surface area contributed by atoms with Crippen LogP contribution in [0, 0.1) is 11.3 Å². The molecule has 24 heavy (non-hydrogen) atoms. The van der Waals surface area contributed by atoms with Gasteiger partial charge in [-0.1, -0.05) is 6.07 Å². The first-order chi connectivity index (χ1) is 11.6. The van der Waals surface area contributed by atoms with Gasteiger partial charge >= 0.3 is 0 Å². The molecule has 3 aromatic heterocycles. The van der Waals surface area contributed by atoms with Crippen molar-refractivity contribution in [2.24, 2.45) is 0 Å². The number of imidazole rings is 1. The topological polar surface area (TPSA) is 83.9 Å². The standard InChI is InChI=1S/C16H11N5OS2/c1-24(22)16-20-13-3-2-10(5-14(13)23-16)4-12-8-18-15-6-11(7-17)19-9-21(12)15/h2-3,5-6,8-9H,4H2,1H3. The van der Waals surface area contributed by atoms with Crippen molar-refractivity contribution >= 4 is 38.0 Å². The van der Waals surface area contributed by atoms with Crippen LogP contribution in [0.2, 0.25) is 0 Å². The summed E-state index contributed by atoms with van der Waals surface area (Å²) >= 11 is 1.46. The van der Waals surface area contributed by atoms with E-state index in [9.17, 15) is 4.21 Å². The molecule has 118 valence electrons. The minimum absolute atomic E-state index is 0.353. The van der Waals surface area contributed by atoms with E-state index in [2.05, 4.69) is 21.0 Å². The number of hydrogen-bond acceptors (Lipinski definition) is 6. The number of nitrogens with zero attached hydrogens (tertiary/aromatic N) is 5. The molecule has 0 radical (unpaired) electrons. The Balaban J connectivity index is 1.71. The van der Waals surface area contributed by atoms with E-state index in [0.29, 0.717) is 22.1 Å². The van der Waals surface area contributed by atoms with E-state index in [1.165, 1.54) is 11.3 Å². The summed E-state index contributed by atoms with van der Waals surface area (Å²) < 4.78 is 15.1. The minimum Gasteiger partial charge on any atom is -0.287 e. The van der Waals surface area contributed by atoms with Crippen LogP contribution in [0.25, 0.3) is 15.9 Å². The van der Waals surface area contributed by atoms with Crippen molar-refractivity contribution in [3.8, 4) is 6.07 Å². The Morgan fingerprint density at radius 2 is 2.21 bits per heavy atom. The van der Waals surface area contributed by atoms with Gasteiger partial charge < -0.3 is 0 Å². The van der Waals surface area contributed by atoms with Gasteiger partial charge in [-0.2, -0.15) is 5.26 Å². The Kier molecular flexibility index (Phi) is 3.59. The van der Waals surface area contributed by atoms with Crippen molar-refractivity contribution in [3.05, 3.63) is 53.7 Å². The van der Waals surface area contributed by atoms with Crippen molar-refractivity contribution < 1.29 is 4.21 Å². The predicted molar refractivity (Wildman–Crippen MR) is 92.5 cm³/mol. The van der Waals surface area contributed by atoms with Crippen LogP contribution in [-0.4, -0.2) is 29.8 Å². The summed E-state index contributed by atoms with van der Waals surface area (Å²) in [5.74, 6) is 0. The van der Waals surface area contributed by atoms with Crippen molar-refractivity contribution in [2.45, 2.75) is 10.8 Å². The van der Waals surface area contributed by atoms with Crippen molar-refractivity contribution in [1.29, 1.82) is 5.26 Å². The lowest BCUT2D eigenvalue weighted by molar-refractivity contribution is 0.686. The molecule has 8 heteroatoms. The number of nitriles is 1. The second-order valence-electron chi connectivity index (χ2n) is 5.28. The molecule has 0 N–H and O–H groups in total. The number of hydrogen-bond donors (Lipinski definition) is 0. The van der Waals surface area contributed by atoms with E-state index in [0.717, 1.165) is 21.5 Å². The largest absolute Gasteiger partial charge is 0.287 e. The normalized spacial score (nSPS) is 12.5. The average molecular weight is 353 g/mol. The van der Waals surface area contributed by atoms with Gasteiger partial charge in [-0.15, -0.1) is 11.3 Å². The van der Waals surface area contributed by atoms with E-state index < -0.39 is 10.8 Å². The average Bonchev–Trinajstić information content (AvgIpc) is 3.18. The molecule has 0 aliphatic rings. The van der Waals surface area contributed by atoms with E-state index in [4.69, 9.17) is 5.26 Å². The fourth-order valence-corrected chi connectivity index (χ4v) is 4.24. The van der Waals surface area contributed by atoms with Gasteiger partial charge in [-0.3, -0.25) is 8.61 Å². The second kappa shape index (κ2) is 5.78. The van der Waals surface area contributed by atoms with E-state index in [1.54, 1.807) is 24.8 Å². The molecule has 1 atom stereocenters. The number of fused-ring (bicyclic) bond motifs is 2. The van der Waals surface area contributed by atoms with E-state index in [1.807, 2.05) is 22.6 Å². The van der Waals surface area contributed by atoms with Crippen LogP contribution in [0.4, 0.5) is 0 Å². The molecule has 0 bridgehead atoms. The summed E-state index contributed by atoms with van der Waals surface area (Å²) in [4.78, 5) is 12.8. The van der Waals surface area contributed by atoms with Gasteiger partial charge in [0.25, 0.3) is 0 Å². The van der Waals surface area contributed by atoms with Gasteiger partial charge in [0.15, 0.2) is 4.34 Å². The molecule has 0 spiro atoms. The lowest BCUT2D eigenvalue weighted by atomic mass is 10.1. The molecule has 3 heterocycles. The van der Waals surface area contributed by atoms with Crippen LogP contribution < -0.4 is 0 Å². The molecule has 1 aromatic carbocycles. The monoisotopic (exact) mass is 353 g/mol. The maximum Gasteiger partial charge on any atom is 0.181 e. The summed E-state index contributed by atoms with van der Waals surface area (Å²) in [5.41, 5.74) is 4.04. The third-order valence-corrected chi connectivity index (χ3v) is 6.01. The zero-order chi connectivity index (χ0) is 16.7. The molecule has 0 saturated heterocycles. The van der Waals surface area contributed by atoms with Gasteiger partial charge in [-0.25, -0.2) is 15.0 Å².